The van der Waals surface area contributed by atoms with E-state index in [4.69, 9.17) is 24.5 Å². The van der Waals surface area contributed by atoms with Crippen molar-refractivity contribution in [3.63, 3.8) is 0 Å². The number of fused-ring (bicyclic) bond motifs is 2. The van der Waals surface area contributed by atoms with Gasteiger partial charge in [0.25, 0.3) is 0 Å². The van der Waals surface area contributed by atoms with Crippen LogP contribution in [0.15, 0.2) is 74.6 Å². The zero-order valence-electron chi connectivity index (χ0n) is 26.1. The maximum Gasteiger partial charge on any atom is 0.237 e. The number of hydrogen-bond acceptors (Lipinski definition) is 7. The molecule has 8 heteroatoms. The molecular weight excluding hydrogens is 566 g/mol. The second kappa shape index (κ2) is 16.4. The molecule has 3 aromatic heterocycles. The number of nitrogens with zero attached hydrogens (tertiary/aromatic N) is 4. The zero-order valence-corrected chi connectivity index (χ0v) is 27.0. The molecule has 5 rings (SSSR count). The van der Waals surface area contributed by atoms with Crippen molar-refractivity contribution in [3.8, 4) is 21.5 Å². The smallest absolute Gasteiger partial charge is 0.237 e. The van der Waals surface area contributed by atoms with Crippen molar-refractivity contribution in [2.24, 2.45) is 10.7 Å². The van der Waals surface area contributed by atoms with Crippen LogP contribution in [0.1, 0.15) is 76.3 Å². The van der Waals surface area contributed by atoms with Crippen LogP contribution in [0.2, 0.25) is 0 Å². The summed E-state index contributed by atoms with van der Waals surface area (Å²) < 4.78 is 12.3. The van der Waals surface area contributed by atoms with E-state index < -0.39 is 0 Å². The van der Waals surface area contributed by atoms with Gasteiger partial charge in [-0.2, -0.15) is 0 Å². The van der Waals surface area contributed by atoms with E-state index >= 15 is 0 Å². The number of aromatic nitrogens is 2. The lowest BCUT2D eigenvalue weighted by Crippen LogP contribution is -2.17. The normalized spacial score (nSPS) is 12.1. The van der Waals surface area contributed by atoms with Crippen LogP contribution in [0.3, 0.4) is 0 Å². The molecule has 0 aliphatic rings. The minimum absolute atomic E-state index is 0.624. The number of unbranched alkanes of at least 4 members (excludes halogenated alkanes) is 5. The lowest BCUT2D eigenvalue weighted by molar-refractivity contribution is 0.542. The van der Waals surface area contributed by atoms with Gasteiger partial charge in [0.1, 0.15) is 11.0 Å². The lowest BCUT2D eigenvalue weighted by atomic mass is 10.0. The Bertz CT molecular complexity index is 1660. The molecule has 0 atom stereocenters. The number of allylic oxidation sites excluding steroid dienone is 1. The van der Waals surface area contributed by atoms with Crippen LogP contribution in [-0.2, 0) is 12.8 Å². The predicted molar refractivity (Wildman–Crippen MR) is 184 cm³/mol. The predicted octanol–water partition coefficient (Wildman–Crippen LogP) is 9.41. The Morgan fingerprint density at radius 2 is 1.41 bits per heavy atom. The molecule has 232 valence electrons. The van der Waals surface area contributed by atoms with Gasteiger partial charge in [-0.15, -0.1) is 11.3 Å². The van der Waals surface area contributed by atoms with Crippen LogP contribution >= 0.6 is 11.3 Å². The molecule has 2 aromatic carbocycles. The first-order valence-electron chi connectivity index (χ1n) is 16.1. The van der Waals surface area contributed by atoms with Gasteiger partial charge in [-0.1, -0.05) is 57.2 Å². The maximum absolute atomic E-state index is 6.14. The third-order valence-electron chi connectivity index (χ3n) is 7.69. The van der Waals surface area contributed by atoms with Crippen molar-refractivity contribution in [2.45, 2.75) is 78.1 Å². The minimum Gasteiger partial charge on any atom is -0.435 e. The molecule has 0 amide bonds. The number of benzene rings is 2. The highest BCUT2D eigenvalue weighted by Gasteiger charge is 2.16. The van der Waals surface area contributed by atoms with Gasteiger partial charge in [-0.3, -0.25) is 4.99 Å². The van der Waals surface area contributed by atoms with Gasteiger partial charge in [-0.05, 0) is 93.1 Å². The number of aryl methyl sites for hydroxylation is 2. The molecule has 5 aromatic rings. The molecule has 0 radical (unpaired) electrons. The molecule has 0 saturated heterocycles. The fourth-order valence-electron chi connectivity index (χ4n) is 5.32. The summed E-state index contributed by atoms with van der Waals surface area (Å²) in [6, 6.07) is 16.8. The number of aliphatic imine (C=N–C) groups is 1. The van der Waals surface area contributed by atoms with Gasteiger partial charge >= 0.3 is 0 Å². The summed E-state index contributed by atoms with van der Waals surface area (Å²) in [6.07, 6.45) is 17.8. The minimum atomic E-state index is 0.624. The molecule has 0 aliphatic heterocycles. The first-order chi connectivity index (χ1) is 21.7. The third kappa shape index (κ3) is 8.67. The van der Waals surface area contributed by atoms with Gasteiger partial charge in [0.2, 0.25) is 11.8 Å². The van der Waals surface area contributed by atoms with Crippen LogP contribution in [0.4, 0.5) is 0 Å². The molecule has 3 heterocycles. The number of rotatable bonds is 18. The van der Waals surface area contributed by atoms with Gasteiger partial charge < -0.3 is 19.5 Å². The van der Waals surface area contributed by atoms with Crippen LogP contribution < -0.4 is 5.73 Å². The van der Waals surface area contributed by atoms with Crippen LogP contribution in [-0.4, -0.2) is 40.8 Å². The highest BCUT2D eigenvalue weighted by Crippen LogP contribution is 2.36. The van der Waals surface area contributed by atoms with Gasteiger partial charge in [0.15, 0.2) is 11.2 Å². The van der Waals surface area contributed by atoms with Gasteiger partial charge in [0.05, 0.1) is 16.1 Å². The summed E-state index contributed by atoms with van der Waals surface area (Å²) in [4.78, 5) is 18.2. The second-order valence-corrected chi connectivity index (χ2v) is 12.4. The fraction of sp³-hybridized carbons (Fsp3) is 0.417. The van der Waals surface area contributed by atoms with Crippen molar-refractivity contribution < 1.29 is 8.83 Å². The highest BCUT2D eigenvalue weighted by atomic mass is 32.1. The first-order valence-corrected chi connectivity index (χ1v) is 17.0. The Morgan fingerprint density at radius 1 is 0.795 bits per heavy atom. The van der Waals surface area contributed by atoms with E-state index in [1.807, 2.05) is 37.5 Å². The van der Waals surface area contributed by atoms with E-state index in [1.165, 1.54) is 49.7 Å². The van der Waals surface area contributed by atoms with E-state index in [-0.39, 0.29) is 0 Å². The quantitative estimate of drug-likeness (QED) is 0.0603. The summed E-state index contributed by atoms with van der Waals surface area (Å²) in [5, 5.41) is 0. The molecular formula is C36H45N5O2S. The Morgan fingerprint density at radius 3 is 2.02 bits per heavy atom. The van der Waals surface area contributed by atoms with E-state index in [0.717, 1.165) is 70.7 Å². The van der Waals surface area contributed by atoms with E-state index in [2.05, 4.69) is 53.3 Å². The zero-order chi connectivity index (χ0) is 30.6. The lowest BCUT2D eigenvalue weighted by Gasteiger charge is -2.14. The van der Waals surface area contributed by atoms with Crippen molar-refractivity contribution >= 4 is 39.9 Å². The van der Waals surface area contributed by atoms with E-state index in [1.54, 1.807) is 11.3 Å². The van der Waals surface area contributed by atoms with Gasteiger partial charge in [-0.25, -0.2) is 9.97 Å². The average Bonchev–Trinajstić information content (AvgIpc) is 3.78. The summed E-state index contributed by atoms with van der Waals surface area (Å²) in [7, 11) is 0. The summed E-state index contributed by atoms with van der Waals surface area (Å²) >= 11 is 1.59. The molecule has 0 aliphatic carbocycles. The molecule has 0 bridgehead atoms. The Balaban J connectivity index is 1.19. The van der Waals surface area contributed by atoms with E-state index in [0.29, 0.717) is 18.3 Å². The Hall–Kier alpha value is -3.75. The summed E-state index contributed by atoms with van der Waals surface area (Å²) in [5.41, 5.74) is 11.5. The fourth-order valence-corrected chi connectivity index (χ4v) is 6.18. The Kier molecular flexibility index (Phi) is 11.8. The number of hydrogen-bond donors (Lipinski definition) is 1. The molecule has 0 fully saturated rings. The van der Waals surface area contributed by atoms with Crippen molar-refractivity contribution in [1.29, 1.82) is 0 Å². The first kappa shape index (κ1) is 31.7. The number of oxazole rings is 2. The van der Waals surface area contributed by atoms with Crippen molar-refractivity contribution in [3.05, 3.63) is 71.9 Å². The van der Waals surface area contributed by atoms with Crippen molar-refractivity contribution in [2.75, 3.05) is 19.6 Å². The third-order valence-corrected chi connectivity index (χ3v) is 8.76. The molecule has 0 unspecified atom stereocenters. The standard InChI is InChI=1S/C36H45N5O2S/c1-3-5-6-7-8-9-12-27-14-16-31-29(24-27)39-35(42-31)33-18-19-34(44-33)36-40-30-25-28(15-17-32(30)43-36)13-10-23-41(22-4-2)26-38-21-11-20-37/h4,14-19,22,24-26H,3,5-13,20-21,23,37H2,1-2H3/b22-4-,38-26?. The molecule has 2 N–H and O–H groups in total. The average molecular weight is 612 g/mol. The molecule has 44 heavy (non-hydrogen) atoms. The molecule has 0 spiro atoms. The van der Waals surface area contributed by atoms with Crippen LogP contribution in [0, 0.1) is 0 Å². The topological polar surface area (TPSA) is 93.7 Å². The summed E-state index contributed by atoms with van der Waals surface area (Å²) in [5.74, 6) is 1.27. The van der Waals surface area contributed by atoms with Gasteiger partial charge in [0, 0.05) is 19.3 Å². The highest BCUT2D eigenvalue weighted by molar-refractivity contribution is 7.18. The molecule has 0 saturated carbocycles. The largest absolute Gasteiger partial charge is 0.435 e. The molecule has 7 nitrogen and oxygen atoms in total. The van der Waals surface area contributed by atoms with Crippen molar-refractivity contribution in [1.82, 2.24) is 14.9 Å². The SMILES string of the molecule is C/C=C\N(C=NCCCN)CCCc1ccc2oc(-c3ccc(-c4nc5cc(CCCCCCCC)ccc5o4)s3)nc2c1. The second-order valence-electron chi connectivity index (χ2n) is 11.3. The Labute approximate surface area is 264 Å². The number of nitrogens with two attached hydrogens (primary N) is 1. The van der Waals surface area contributed by atoms with Crippen LogP contribution in [0.25, 0.3) is 43.7 Å². The van der Waals surface area contributed by atoms with E-state index in [9.17, 15) is 0 Å². The summed E-state index contributed by atoms with van der Waals surface area (Å²) in [6.45, 7) is 6.60. The number of thiophene rings is 1. The maximum atomic E-state index is 6.14. The monoisotopic (exact) mass is 611 g/mol. The van der Waals surface area contributed by atoms with Crippen LogP contribution in [0.5, 0.6) is 0 Å².